The van der Waals surface area contributed by atoms with Crippen molar-refractivity contribution in [2.24, 2.45) is 0 Å². The number of hydrogen-bond donors (Lipinski definition) is 0. The van der Waals surface area contributed by atoms with E-state index >= 15 is 0 Å². The van der Waals surface area contributed by atoms with Crippen molar-refractivity contribution in [1.82, 2.24) is 0 Å². The average molecular weight is 248 g/mol. The van der Waals surface area contributed by atoms with Crippen molar-refractivity contribution in [3.63, 3.8) is 0 Å². The van der Waals surface area contributed by atoms with Gasteiger partial charge in [0.1, 0.15) is 6.10 Å². The zero-order chi connectivity index (χ0) is 12.6. The molecule has 5 heteroatoms. The van der Waals surface area contributed by atoms with Crippen LogP contribution in [0, 0.1) is 0 Å². The van der Waals surface area contributed by atoms with E-state index in [1.807, 2.05) is 0 Å². The molecule has 1 atom stereocenters. The summed E-state index contributed by atoms with van der Waals surface area (Å²) in [6, 6.07) is 0. The summed E-state index contributed by atoms with van der Waals surface area (Å²) in [5, 5.41) is -0.0270. The minimum absolute atomic E-state index is 0.0270. The van der Waals surface area contributed by atoms with Crippen LogP contribution in [0.25, 0.3) is 0 Å². The Morgan fingerprint density at radius 2 is 1.81 bits per heavy atom. The van der Waals surface area contributed by atoms with E-state index in [4.69, 9.17) is 14.2 Å². The van der Waals surface area contributed by atoms with Crippen LogP contribution in [-0.4, -0.2) is 48.9 Å². The molecule has 0 fully saturated rings. The zero-order valence-electron chi connectivity index (χ0n) is 11.0. The summed E-state index contributed by atoms with van der Waals surface area (Å²) in [5.74, 6) is -1.20. The smallest absolute Gasteiger partial charge is 0.249 e. The molecule has 0 saturated carbocycles. The first-order valence-corrected chi connectivity index (χ1v) is 6.73. The van der Waals surface area contributed by atoms with E-state index in [0.717, 1.165) is 25.7 Å². The van der Waals surface area contributed by atoms with Crippen molar-refractivity contribution < 1.29 is 19.0 Å². The lowest BCUT2D eigenvalue weighted by atomic mass is 10.0. The quantitative estimate of drug-likeness (QED) is 0.338. The Kier molecular flexibility index (Phi) is 7.83. The Bertz CT molecular complexity index is 204. The van der Waals surface area contributed by atoms with Crippen LogP contribution < -0.4 is 0 Å². The van der Waals surface area contributed by atoms with Crippen molar-refractivity contribution in [1.29, 1.82) is 0 Å². The Hall–Kier alpha value is -0.233. The van der Waals surface area contributed by atoms with Crippen molar-refractivity contribution in [2.45, 2.75) is 44.5 Å². The molecule has 0 spiro atoms. The van der Waals surface area contributed by atoms with Gasteiger partial charge in [-0.05, 0) is 6.42 Å². The molecule has 0 rings (SSSR count). The molecule has 0 radical (unpaired) electrons. The molecule has 0 aliphatic rings. The van der Waals surface area contributed by atoms with Gasteiger partial charge in [-0.3, -0.25) is 0 Å². The number of carbonyl (C=O) groups is 1. The zero-order valence-corrected chi connectivity index (χ0v) is 13.0. The summed E-state index contributed by atoms with van der Waals surface area (Å²) in [4.78, 5) is 11.7. The lowest BCUT2D eigenvalue weighted by molar-refractivity contribution is -0.246. The Morgan fingerprint density at radius 1 is 1.25 bits per heavy atom. The first-order chi connectivity index (χ1) is 7.58. The summed E-state index contributed by atoms with van der Waals surface area (Å²) >= 11 is 0. The molecule has 0 aromatic heterocycles. The van der Waals surface area contributed by atoms with Gasteiger partial charge in [-0.15, -0.1) is 0 Å². The highest BCUT2D eigenvalue weighted by Gasteiger charge is 2.43. The van der Waals surface area contributed by atoms with E-state index < -0.39 is 5.79 Å². The largest absolute Gasteiger partial charge is 0.375 e. The molecule has 0 aromatic rings. The maximum atomic E-state index is 11.7. The fourth-order valence-corrected chi connectivity index (χ4v) is 2.63. The standard InChI is InChI=1S/C11H24O4Si/c1-5-6-7-8-9(13-2)11(14-3,15-4)10(12)16/h9H,5-8H2,1-4,16H3. The third-order valence-electron chi connectivity index (χ3n) is 2.88. The molecule has 4 nitrogen and oxygen atoms in total. The highest BCUT2D eigenvalue weighted by molar-refractivity contribution is 6.59. The number of carbonyl (C=O) groups excluding carboxylic acids is 1. The highest BCUT2D eigenvalue weighted by atomic mass is 28.1. The van der Waals surface area contributed by atoms with Crippen LogP contribution >= 0.6 is 0 Å². The highest BCUT2D eigenvalue weighted by Crippen LogP contribution is 2.24. The lowest BCUT2D eigenvalue weighted by Crippen LogP contribution is -2.53. The molecule has 0 aliphatic heterocycles. The topological polar surface area (TPSA) is 44.8 Å². The van der Waals surface area contributed by atoms with Crippen LogP contribution in [0.15, 0.2) is 0 Å². The summed E-state index contributed by atoms with van der Waals surface area (Å²) in [7, 11) is 4.96. The Morgan fingerprint density at radius 3 is 2.12 bits per heavy atom. The number of hydrogen-bond acceptors (Lipinski definition) is 4. The van der Waals surface area contributed by atoms with Crippen molar-refractivity contribution in [3.05, 3.63) is 0 Å². The van der Waals surface area contributed by atoms with Crippen LogP contribution in [0.2, 0.25) is 0 Å². The second-order valence-electron chi connectivity index (χ2n) is 3.85. The second-order valence-corrected chi connectivity index (χ2v) is 4.76. The predicted molar refractivity (Wildman–Crippen MR) is 66.6 cm³/mol. The summed E-state index contributed by atoms with van der Waals surface area (Å²) in [6.45, 7) is 2.14. The number of ether oxygens (including phenoxy) is 3. The third-order valence-corrected chi connectivity index (χ3v) is 3.57. The van der Waals surface area contributed by atoms with Crippen molar-refractivity contribution in [2.75, 3.05) is 21.3 Å². The summed E-state index contributed by atoms with van der Waals surface area (Å²) < 4.78 is 15.9. The molecular formula is C11H24O4Si. The molecule has 0 heterocycles. The molecule has 0 N–H and O–H groups in total. The maximum Gasteiger partial charge on any atom is 0.249 e. The summed E-state index contributed by atoms with van der Waals surface area (Å²) in [5.41, 5.74) is 0. The second kappa shape index (κ2) is 7.95. The third kappa shape index (κ3) is 3.66. The van der Waals surface area contributed by atoms with Gasteiger partial charge in [-0.1, -0.05) is 26.2 Å². The Balaban J connectivity index is 4.64. The van der Waals surface area contributed by atoms with E-state index in [0.29, 0.717) is 10.2 Å². The molecule has 96 valence electrons. The van der Waals surface area contributed by atoms with E-state index in [1.165, 1.54) is 14.2 Å². The summed E-state index contributed by atoms with van der Waals surface area (Å²) in [6.07, 6.45) is 3.73. The van der Waals surface area contributed by atoms with Gasteiger partial charge in [0, 0.05) is 21.3 Å². The van der Waals surface area contributed by atoms with Gasteiger partial charge in [-0.25, -0.2) is 0 Å². The number of unbranched alkanes of at least 4 members (excludes halogenated alkanes) is 2. The maximum absolute atomic E-state index is 11.7. The average Bonchev–Trinajstić information content (AvgIpc) is 2.28. The predicted octanol–water partition coefficient (Wildman–Crippen LogP) is 0.463. The van der Waals surface area contributed by atoms with Gasteiger partial charge in [0.2, 0.25) is 5.79 Å². The van der Waals surface area contributed by atoms with Crippen LogP contribution in [0.3, 0.4) is 0 Å². The fourth-order valence-electron chi connectivity index (χ4n) is 1.90. The molecule has 16 heavy (non-hydrogen) atoms. The monoisotopic (exact) mass is 248 g/mol. The molecule has 0 aliphatic carbocycles. The molecule has 0 amide bonds. The Labute approximate surface area is 101 Å². The molecule has 0 bridgehead atoms. The molecule has 0 aromatic carbocycles. The van der Waals surface area contributed by atoms with Crippen LogP contribution in [-0.2, 0) is 19.0 Å². The van der Waals surface area contributed by atoms with E-state index in [9.17, 15) is 4.79 Å². The van der Waals surface area contributed by atoms with Gasteiger partial charge < -0.3 is 19.0 Å². The number of rotatable bonds is 9. The van der Waals surface area contributed by atoms with Crippen LogP contribution in [0.1, 0.15) is 32.6 Å². The minimum Gasteiger partial charge on any atom is -0.375 e. The first-order valence-electron chi connectivity index (χ1n) is 5.73. The van der Waals surface area contributed by atoms with Crippen molar-refractivity contribution >= 4 is 15.6 Å². The molecular weight excluding hydrogens is 224 g/mol. The van der Waals surface area contributed by atoms with Crippen LogP contribution in [0.4, 0.5) is 0 Å². The van der Waals surface area contributed by atoms with E-state index in [2.05, 4.69) is 6.92 Å². The van der Waals surface area contributed by atoms with E-state index in [1.54, 1.807) is 7.11 Å². The van der Waals surface area contributed by atoms with Gasteiger partial charge in [-0.2, -0.15) is 0 Å². The number of methoxy groups -OCH3 is 3. The first kappa shape index (κ1) is 15.8. The van der Waals surface area contributed by atoms with Crippen molar-refractivity contribution in [3.8, 4) is 0 Å². The van der Waals surface area contributed by atoms with Gasteiger partial charge >= 0.3 is 0 Å². The lowest BCUT2D eigenvalue weighted by Gasteiger charge is -2.35. The SMILES string of the molecule is CCCCCC(OC)C(OC)(OC)C(=O)[SiH3]. The van der Waals surface area contributed by atoms with Gasteiger partial charge in [0.25, 0.3) is 0 Å². The normalized spacial score (nSPS) is 14.0. The molecule has 1 unspecified atom stereocenters. The van der Waals surface area contributed by atoms with Gasteiger partial charge in [0.05, 0.1) is 10.2 Å². The van der Waals surface area contributed by atoms with Crippen LogP contribution in [0.5, 0.6) is 0 Å². The fraction of sp³-hybridized carbons (Fsp3) is 0.909. The van der Waals surface area contributed by atoms with E-state index in [-0.39, 0.29) is 11.5 Å². The van der Waals surface area contributed by atoms with Gasteiger partial charge in [0.15, 0.2) is 5.41 Å². The minimum atomic E-state index is -1.20. The molecule has 0 saturated heterocycles.